The summed E-state index contributed by atoms with van der Waals surface area (Å²) in [6, 6.07) is 14.7. The van der Waals surface area contributed by atoms with Gasteiger partial charge in [-0.3, -0.25) is 9.71 Å². The van der Waals surface area contributed by atoms with Crippen LogP contribution in [0.4, 0.5) is 5.82 Å². The lowest BCUT2D eigenvalue weighted by Crippen LogP contribution is -2.15. The van der Waals surface area contributed by atoms with Gasteiger partial charge in [0, 0.05) is 22.9 Å². The third-order valence-electron chi connectivity index (χ3n) is 6.24. The first-order valence-corrected chi connectivity index (χ1v) is 13.4. The highest BCUT2D eigenvalue weighted by atomic mass is 32.2. The molecule has 0 saturated carbocycles. The highest BCUT2D eigenvalue weighted by Gasteiger charge is 2.23. The van der Waals surface area contributed by atoms with Gasteiger partial charge in [0.15, 0.2) is 17.3 Å². The number of methoxy groups -OCH3 is 1. The zero-order valence-corrected chi connectivity index (χ0v) is 22.7. The maximum absolute atomic E-state index is 13.4. The Morgan fingerprint density at radius 2 is 1.76 bits per heavy atom. The molecule has 8 nitrogen and oxygen atoms in total. The highest BCUT2D eigenvalue weighted by molar-refractivity contribution is 7.92. The molecule has 0 bridgehead atoms. The molecule has 0 atom stereocenters. The molecule has 0 aliphatic heterocycles. The first-order chi connectivity index (χ1) is 17.6. The van der Waals surface area contributed by atoms with Crippen molar-refractivity contribution in [2.45, 2.75) is 52.5 Å². The minimum atomic E-state index is -3.92. The molecule has 0 aliphatic carbocycles. The molecule has 194 valence electrons. The van der Waals surface area contributed by atoms with Crippen LogP contribution >= 0.6 is 0 Å². The summed E-state index contributed by atoms with van der Waals surface area (Å²) in [4.78, 5) is 4.59. The molecule has 0 amide bonds. The standard InChI is InChI=1S/C28H31N3O5S/c1-7-22-15-21(16-35-25-14-17(2)29-19(4)27(25)34-6)12-13-23(22)24-10-8-9-11-26(24)37(32,33)31-28-18(3)20(5)36-30-28/h8-15H,7,16H2,1-6H3,(H,30,31). The predicted molar refractivity (Wildman–Crippen MR) is 143 cm³/mol. The quantitative estimate of drug-likeness (QED) is 0.291. The van der Waals surface area contributed by atoms with Gasteiger partial charge < -0.3 is 14.0 Å². The van der Waals surface area contributed by atoms with Crippen molar-refractivity contribution < 1.29 is 22.4 Å². The van der Waals surface area contributed by atoms with E-state index in [0.717, 1.165) is 28.1 Å². The van der Waals surface area contributed by atoms with Crippen molar-refractivity contribution in [1.29, 1.82) is 0 Å². The molecule has 37 heavy (non-hydrogen) atoms. The molecule has 0 unspecified atom stereocenters. The van der Waals surface area contributed by atoms with E-state index in [4.69, 9.17) is 14.0 Å². The van der Waals surface area contributed by atoms with Gasteiger partial charge in [-0.05, 0) is 56.9 Å². The first kappa shape index (κ1) is 26.2. The molecule has 1 N–H and O–H groups in total. The largest absolute Gasteiger partial charge is 0.491 e. The molecule has 4 rings (SSSR count). The number of rotatable bonds is 9. The molecule has 0 aliphatic rings. The predicted octanol–water partition coefficient (Wildman–Crippen LogP) is 5.92. The smallest absolute Gasteiger partial charge is 0.263 e. The van der Waals surface area contributed by atoms with Crippen LogP contribution in [-0.2, 0) is 23.1 Å². The second-order valence-corrected chi connectivity index (χ2v) is 10.5. The molecule has 2 heterocycles. The second-order valence-electron chi connectivity index (χ2n) is 8.83. The van der Waals surface area contributed by atoms with Crippen molar-refractivity contribution in [3.63, 3.8) is 0 Å². The lowest BCUT2D eigenvalue weighted by atomic mass is 9.96. The van der Waals surface area contributed by atoms with E-state index in [-0.39, 0.29) is 10.7 Å². The third kappa shape index (κ3) is 5.46. The number of nitrogens with one attached hydrogen (secondary N) is 1. The van der Waals surface area contributed by atoms with Gasteiger partial charge in [0.05, 0.1) is 17.7 Å². The minimum absolute atomic E-state index is 0.168. The van der Waals surface area contributed by atoms with E-state index in [1.807, 2.05) is 57.2 Å². The van der Waals surface area contributed by atoms with Gasteiger partial charge in [0.25, 0.3) is 10.0 Å². The van der Waals surface area contributed by atoms with Crippen molar-refractivity contribution in [1.82, 2.24) is 10.1 Å². The van der Waals surface area contributed by atoms with Crippen LogP contribution < -0.4 is 14.2 Å². The highest BCUT2D eigenvalue weighted by Crippen LogP contribution is 2.34. The Balaban J connectivity index is 1.65. The van der Waals surface area contributed by atoms with Crippen LogP contribution in [0.15, 0.2) is 57.9 Å². The van der Waals surface area contributed by atoms with Gasteiger partial charge in [0.1, 0.15) is 12.4 Å². The van der Waals surface area contributed by atoms with Crippen LogP contribution in [0.5, 0.6) is 11.5 Å². The SMILES string of the molecule is CCc1cc(COc2cc(C)nc(C)c2OC)ccc1-c1ccccc1S(=O)(=O)Nc1noc(C)c1C. The maximum atomic E-state index is 13.4. The Morgan fingerprint density at radius 1 is 1.00 bits per heavy atom. The van der Waals surface area contributed by atoms with Gasteiger partial charge >= 0.3 is 0 Å². The summed E-state index contributed by atoms with van der Waals surface area (Å²) in [7, 11) is -2.32. The number of aryl methyl sites for hydroxylation is 4. The van der Waals surface area contributed by atoms with E-state index in [1.165, 1.54) is 0 Å². The lowest BCUT2D eigenvalue weighted by Gasteiger charge is -2.16. The normalized spacial score (nSPS) is 11.4. The fraction of sp³-hybridized carbons (Fsp3) is 0.286. The number of pyridine rings is 1. The Hall–Kier alpha value is -3.85. The Morgan fingerprint density at radius 3 is 2.43 bits per heavy atom. The summed E-state index contributed by atoms with van der Waals surface area (Å²) in [5, 5.41) is 3.85. The molecule has 2 aromatic carbocycles. The number of sulfonamides is 1. The third-order valence-corrected chi connectivity index (χ3v) is 7.64. The first-order valence-electron chi connectivity index (χ1n) is 12.0. The Labute approximate surface area is 217 Å². The second kappa shape index (κ2) is 10.6. The van der Waals surface area contributed by atoms with E-state index >= 15 is 0 Å². The summed E-state index contributed by atoms with van der Waals surface area (Å²) < 4.78 is 46.0. The molecule has 0 fully saturated rings. The van der Waals surface area contributed by atoms with Gasteiger partial charge in [-0.2, -0.15) is 0 Å². The molecule has 0 radical (unpaired) electrons. The van der Waals surface area contributed by atoms with Gasteiger partial charge in [-0.1, -0.05) is 48.5 Å². The van der Waals surface area contributed by atoms with Crippen molar-refractivity contribution >= 4 is 15.8 Å². The molecule has 4 aromatic rings. The maximum Gasteiger partial charge on any atom is 0.263 e. The van der Waals surface area contributed by atoms with Crippen LogP contribution in [0.2, 0.25) is 0 Å². The van der Waals surface area contributed by atoms with Crippen molar-refractivity contribution in [2.75, 3.05) is 11.8 Å². The van der Waals surface area contributed by atoms with E-state index in [1.54, 1.807) is 33.1 Å². The van der Waals surface area contributed by atoms with Crippen molar-refractivity contribution in [3.8, 4) is 22.6 Å². The van der Waals surface area contributed by atoms with E-state index < -0.39 is 10.0 Å². The number of ether oxygens (including phenoxy) is 2. The molecular formula is C28H31N3O5S. The number of hydrogen-bond donors (Lipinski definition) is 1. The van der Waals surface area contributed by atoms with Crippen LogP contribution in [0.3, 0.4) is 0 Å². The summed E-state index contributed by atoms with van der Waals surface area (Å²) in [6.07, 6.45) is 0.712. The van der Waals surface area contributed by atoms with Crippen molar-refractivity contribution in [3.05, 3.63) is 82.4 Å². The average molecular weight is 522 g/mol. The summed E-state index contributed by atoms with van der Waals surface area (Å²) in [5.41, 5.74) is 5.68. The Kier molecular flexibility index (Phi) is 7.54. The zero-order chi connectivity index (χ0) is 26.7. The number of hydrogen-bond acceptors (Lipinski definition) is 7. The van der Waals surface area contributed by atoms with Crippen molar-refractivity contribution in [2.24, 2.45) is 0 Å². The van der Waals surface area contributed by atoms with Crippen LogP contribution in [0.1, 0.15) is 40.8 Å². The molecule has 0 spiro atoms. The van der Waals surface area contributed by atoms with E-state index in [0.29, 0.717) is 41.4 Å². The minimum Gasteiger partial charge on any atom is -0.491 e. The van der Waals surface area contributed by atoms with Crippen LogP contribution in [-0.4, -0.2) is 25.7 Å². The number of benzene rings is 2. The van der Waals surface area contributed by atoms with E-state index in [9.17, 15) is 8.42 Å². The zero-order valence-electron chi connectivity index (χ0n) is 21.9. The van der Waals surface area contributed by atoms with Gasteiger partial charge in [0.2, 0.25) is 0 Å². The topological polar surface area (TPSA) is 104 Å². The molecular weight excluding hydrogens is 490 g/mol. The summed E-state index contributed by atoms with van der Waals surface area (Å²) >= 11 is 0. The van der Waals surface area contributed by atoms with Crippen LogP contribution in [0.25, 0.3) is 11.1 Å². The van der Waals surface area contributed by atoms with Gasteiger partial charge in [-0.15, -0.1) is 0 Å². The van der Waals surface area contributed by atoms with Crippen LogP contribution in [0, 0.1) is 27.7 Å². The monoisotopic (exact) mass is 521 g/mol. The van der Waals surface area contributed by atoms with Gasteiger partial charge in [-0.25, -0.2) is 8.42 Å². The Bertz CT molecular complexity index is 1540. The lowest BCUT2D eigenvalue weighted by molar-refractivity contribution is 0.282. The fourth-order valence-electron chi connectivity index (χ4n) is 4.21. The molecule has 0 saturated heterocycles. The summed E-state index contributed by atoms with van der Waals surface area (Å²) in [5.74, 6) is 2.00. The summed E-state index contributed by atoms with van der Waals surface area (Å²) in [6.45, 7) is 9.66. The number of aromatic nitrogens is 2. The average Bonchev–Trinajstić information content (AvgIpc) is 3.18. The fourth-order valence-corrected chi connectivity index (χ4v) is 5.49. The molecule has 9 heteroatoms. The number of anilines is 1. The number of nitrogens with zero attached hydrogens (tertiary/aromatic N) is 2. The molecule has 2 aromatic heterocycles. The van der Waals surface area contributed by atoms with E-state index in [2.05, 4.69) is 14.9 Å².